The Morgan fingerprint density at radius 2 is 1.74 bits per heavy atom. The molecule has 0 atom stereocenters. The molecule has 0 aliphatic heterocycles. The van der Waals surface area contributed by atoms with Crippen LogP contribution in [0.25, 0.3) is 0 Å². The van der Waals surface area contributed by atoms with Gasteiger partial charge in [0.25, 0.3) is 5.91 Å². The van der Waals surface area contributed by atoms with Crippen molar-refractivity contribution in [3.63, 3.8) is 0 Å². The van der Waals surface area contributed by atoms with Crippen LogP contribution in [-0.2, 0) is 12.8 Å². The largest absolute Gasteiger partial charge is 0.489 e. The molecule has 0 aliphatic carbocycles. The summed E-state index contributed by atoms with van der Waals surface area (Å²) in [5.74, 6) is -0.0675. The quantitative estimate of drug-likeness (QED) is 0.450. The highest BCUT2D eigenvalue weighted by atomic mass is 35.5. The summed E-state index contributed by atoms with van der Waals surface area (Å²) in [6.45, 7) is 0.333. The second kappa shape index (κ2) is 9.80. The third-order valence-electron chi connectivity index (χ3n) is 4.11. The molecule has 3 aromatic carbocycles. The van der Waals surface area contributed by atoms with E-state index in [-0.39, 0.29) is 21.4 Å². The standard InChI is InChI=1S/C22H16ClF3N2O2S/c23-18-10-9-16(22(24,25)26)12-19(18)27-21(31)28-20(29)15-7-4-8-17(11-15)30-13-14-5-2-1-3-6-14/h1-12H,13H2,(H2,27,28,29,31). The maximum atomic E-state index is 12.9. The molecular formula is C22H16ClF3N2O2S. The van der Waals surface area contributed by atoms with Gasteiger partial charge < -0.3 is 10.1 Å². The number of rotatable bonds is 5. The average molecular weight is 465 g/mol. The van der Waals surface area contributed by atoms with E-state index in [2.05, 4.69) is 10.6 Å². The fourth-order valence-corrected chi connectivity index (χ4v) is 2.96. The number of alkyl halides is 3. The van der Waals surface area contributed by atoms with Crippen molar-refractivity contribution in [1.29, 1.82) is 0 Å². The molecule has 0 aromatic heterocycles. The van der Waals surface area contributed by atoms with E-state index in [1.165, 1.54) is 6.07 Å². The zero-order chi connectivity index (χ0) is 22.4. The van der Waals surface area contributed by atoms with Gasteiger partial charge in [0.05, 0.1) is 16.3 Å². The first-order valence-electron chi connectivity index (χ1n) is 8.98. The Kier molecular flexibility index (Phi) is 7.14. The molecule has 0 bridgehead atoms. The van der Waals surface area contributed by atoms with Crippen molar-refractivity contribution in [2.75, 3.05) is 5.32 Å². The van der Waals surface area contributed by atoms with Gasteiger partial charge >= 0.3 is 6.18 Å². The van der Waals surface area contributed by atoms with Crippen LogP contribution in [0, 0.1) is 0 Å². The van der Waals surface area contributed by atoms with Crippen molar-refractivity contribution < 1.29 is 22.7 Å². The number of hydrogen-bond donors (Lipinski definition) is 2. The number of hydrogen-bond acceptors (Lipinski definition) is 3. The Morgan fingerprint density at radius 3 is 2.45 bits per heavy atom. The summed E-state index contributed by atoms with van der Waals surface area (Å²) >= 11 is 11.0. The Hall–Kier alpha value is -3.10. The predicted octanol–water partition coefficient (Wildman–Crippen LogP) is 6.06. The summed E-state index contributed by atoms with van der Waals surface area (Å²) in [6.07, 6.45) is -4.54. The van der Waals surface area contributed by atoms with Gasteiger partial charge in [-0.05, 0) is 54.2 Å². The first-order chi connectivity index (χ1) is 14.7. The number of halogens is 4. The molecule has 0 fully saturated rings. The van der Waals surface area contributed by atoms with E-state index in [1.807, 2.05) is 30.3 Å². The molecule has 3 aromatic rings. The van der Waals surface area contributed by atoms with Crippen molar-refractivity contribution in [3.05, 3.63) is 94.5 Å². The molecule has 0 saturated heterocycles. The number of amides is 1. The van der Waals surface area contributed by atoms with Gasteiger partial charge in [0, 0.05) is 5.56 Å². The third-order valence-corrected chi connectivity index (χ3v) is 4.65. The molecule has 0 saturated carbocycles. The van der Waals surface area contributed by atoms with Crippen LogP contribution in [0.2, 0.25) is 5.02 Å². The van der Waals surface area contributed by atoms with E-state index in [0.29, 0.717) is 12.4 Å². The van der Waals surface area contributed by atoms with E-state index in [0.717, 1.165) is 23.8 Å². The number of ether oxygens (including phenoxy) is 1. The number of carbonyl (C=O) groups excluding carboxylic acids is 1. The summed E-state index contributed by atoms with van der Waals surface area (Å²) < 4.78 is 44.4. The van der Waals surface area contributed by atoms with Crippen LogP contribution in [0.5, 0.6) is 5.75 Å². The van der Waals surface area contributed by atoms with Crippen LogP contribution in [0.4, 0.5) is 18.9 Å². The van der Waals surface area contributed by atoms with E-state index in [1.54, 1.807) is 18.2 Å². The Labute approximate surface area is 187 Å². The van der Waals surface area contributed by atoms with Crippen LogP contribution in [0.15, 0.2) is 72.8 Å². The Morgan fingerprint density at radius 1 is 1.00 bits per heavy atom. The normalized spacial score (nSPS) is 11.0. The maximum Gasteiger partial charge on any atom is 0.416 e. The minimum absolute atomic E-state index is 0.0286. The van der Waals surface area contributed by atoms with Crippen molar-refractivity contribution >= 4 is 40.5 Å². The second-order valence-electron chi connectivity index (χ2n) is 6.40. The van der Waals surface area contributed by atoms with E-state index in [9.17, 15) is 18.0 Å². The molecule has 9 heteroatoms. The molecular weight excluding hydrogens is 449 g/mol. The summed E-state index contributed by atoms with van der Waals surface area (Å²) in [5.41, 5.74) is 0.282. The molecule has 3 rings (SSSR count). The van der Waals surface area contributed by atoms with Crippen LogP contribution in [0.1, 0.15) is 21.5 Å². The molecule has 0 radical (unpaired) electrons. The predicted molar refractivity (Wildman–Crippen MR) is 117 cm³/mol. The molecule has 0 spiro atoms. The van der Waals surface area contributed by atoms with Crippen LogP contribution >= 0.6 is 23.8 Å². The Bertz CT molecular complexity index is 1090. The molecule has 2 N–H and O–H groups in total. The van der Waals surface area contributed by atoms with Gasteiger partial charge in [0.15, 0.2) is 5.11 Å². The topological polar surface area (TPSA) is 50.4 Å². The number of benzene rings is 3. The van der Waals surface area contributed by atoms with Crippen LogP contribution in [0.3, 0.4) is 0 Å². The Balaban J connectivity index is 1.63. The molecule has 31 heavy (non-hydrogen) atoms. The van der Waals surface area contributed by atoms with Gasteiger partial charge in [-0.3, -0.25) is 10.1 Å². The molecule has 1 amide bonds. The number of carbonyl (C=O) groups is 1. The third kappa shape index (κ3) is 6.44. The molecule has 0 aliphatic rings. The summed E-state index contributed by atoms with van der Waals surface area (Å²) in [6, 6.07) is 18.8. The highest BCUT2D eigenvalue weighted by Crippen LogP contribution is 2.33. The molecule has 160 valence electrons. The van der Waals surface area contributed by atoms with Gasteiger partial charge in [-0.2, -0.15) is 13.2 Å². The fourth-order valence-electron chi connectivity index (χ4n) is 2.59. The first kappa shape index (κ1) is 22.6. The van der Waals surface area contributed by atoms with Crippen molar-refractivity contribution in [3.8, 4) is 5.75 Å². The zero-order valence-corrected chi connectivity index (χ0v) is 17.4. The maximum absolute atomic E-state index is 12.9. The lowest BCUT2D eigenvalue weighted by molar-refractivity contribution is -0.137. The van der Waals surface area contributed by atoms with Gasteiger partial charge in [0.1, 0.15) is 12.4 Å². The summed E-state index contributed by atoms with van der Waals surface area (Å²) in [4.78, 5) is 12.5. The first-order valence-corrected chi connectivity index (χ1v) is 9.77. The zero-order valence-electron chi connectivity index (χ0n) is 15.9. The molecule has 4 nitrogen and oxygen atoms in total. The fraction of sp³-hybridized carbons (Fsp3) is 0.0909. The molecule has 0 heterocycles. The SMILES string of the molecule is O=C(NC(=S)Nc1cc(C(F)(F)F)ccc1Cl)c1cccc(OCc2ccccc2)c1. The minimum Gasteiger partial charge on any atom is -0.489 e. The smallest absolute Gasteiger partial charge is 0.416 e. The number of thiocarbonyl (C=S) groups is 1. The highest BCUT2D eigenvalue weighted by molar-refractivity contribution is 7.80. The number of nitrogens with one attached hydrogen (secondary N) is 2. The summed E-state index contributed by atoms with van der Waals surface area (Å²) in [7, 11) is 0. The lowest BCUT2D eigenvalue weighted by atomic mass is 10.2. The minimum atomic E-state index is -4.54. The lowest BCUT2D eigenvalue weighted by Crippen LogP contribution is -2.34. The highest BCUT2D eigenvalue weighted by Gasteiger charge is 2.31. The lowest BCUT2D eigenvalue weighted by Gasteiger charge is -2.14. The molecule has 0 unspecified atom stereocenters. The van der Waals surface area contributed by atoms with Gasteiger partial charge in [-0.15, -0.1) is 0 Å². The van der Waals surface area contributed by atoms with Gasteiger partial charge in [-0.1, -0.05) is 48.0 Å². The van der Waals surface area contributed by atoms with E-state index < -0.39 is 17.6 Å². The van der Waals surface area contributed by atoms with Crippen molar-refractivity contribution in [2.45, 2.75) is 12.8 Å². The van der Waals surface area contributed by atoms with E-state index >= 15 is 0 Å². The number of anilines is 1. The van der Waals surface area contributed by atoms with Crippen molar-refractivity contribution in [2.24, 2.45) is 0 Å². The average Bonchev–Trinajstić information content (AvgIpc) is 2.74. The van der Waals surface area contributed by atoms with E-state index in [4.69, 9.17) is 28.6 Å². The monoisotopic (exact) mass is 464 g/mol. The van der Waals surface area contributed by atoms with Crippen molar-refractivity contribution in [1.82, 2.24) is 5.32 Å². The van der Waals surface area contributed by atoms with Crippen LogP contribution < -0.4 is 15.4 Å². The second-order valence-corrected chi connectivity index (χ2v) is 7.22. The van der Waals surface area contributed by atoms with Gasteiger partial charge in [-0.25, -0.2) is 0 Å². The van der Waals surface area contributed by atoms with Crippen LogP contribution in [-0.4, -0.2) is 11.0 Å². The summed E-state index contributed by atoms with van der Waals surface area (Å²) in [5, 5.41) is 4.77. The van der Waals surface area contributed by atoms with Gasteiger partial charge in [0.2, 0.25) is 0 Å².